The van der Waals surface area contributed by atoms with E-state index < -0.39 is 0 Å². The largest absolute Gasteiger partial charge is 0.462 e. The Kier molecular flexibility index (Phi) is 3.50. The summed E-state index contributed by atoms with van der Waals surface area (Å²) in [7, 11) is 0. The SMILES string of the molecule is CCOC(=O)c1cc2c(nc1CC)-c1cc(C)ccc1C2. The second-order valence-corrected chi connectivity index (χ2v) is 5.40. The molecule has 0 aliphatic heterocycles. The highest BCUT2D eigenvalue weighted by molar-refractivity contribution is 5.92. The molecule has 0 fully saturated rings. The van der Waals surface area contributed by atoms with Crippen molar-refractivity contribution in [1.29, 1.82) is 0 Å². The van der Waals surface area contributed by atoms with Crippen LogP contribution in [0.15, 0.2) is 24.3 Å². The van der Waals surface area contributed by atoms with Gasteiger partial charge in [-0.05, 0) is 43.5 Å². The molecule has 0 N–H and O–H groups in total. The van der Waals surface area contributed by atoms with Crippen molar-refractivity contribution in [1.82, 2.24) is 4.98 Å². The number of aryl methyl sites for hydroxylation is 2. The van der Waals surface area contributed by atoms with Crippen LogP contribution in [0, 0.1) is 6.92 Å². The van der Waals surface area contributed by atoms with Crippen LogP contribution in [0.1, 0.15) is 46.6 Å². The highest BCUT2D eigenvalue weighted by Crippen LogP contribution is 2.36. The van der Waals surface area contributed by atoms with E-state index in [0.29, 0.717) is 12.2 Å². The third-order valence-corrected chi connectivity index (χ3v) is 3.91. The number of carbonyl (C=O) groups is 1. The van der Waals surface area contributed by atoms with Crippen LogP contribution >= 0.6 is 0 Å². The summed E-state index contributed by atoms with van der Waals surface area (Å²) >= 11 is 0. The number of pyridine rings is 1. The maximum atomic E-state index is 12.1. The lowest BCUT2D eigenvalue weighted by Gasteiger charge is -2.10. The van der Waals surface area contributed by atoms with Crippen molar-refractivity contribution < 1.29 is 9.53 Å². The quantitative estimate of drug-likeness (QED) is 0.687. The van der Waals surface area contributed by atoms with E-state index in [1.54, 1.807) is 0 Å². The second-order valence-electron chi connectivity index (χ2n) is 5.40. The number of hydrogen-bond acceptors (Lipinski definition) is 3. The Hall–Kier alpha value is -2.16. The molecule has 0 spiro atoms. The maximum Gasteiger partial charge on any atom is 0.339 e. The minimum atomic E-state index is -0.267. The van der Waals surface area contributed by atoms with Crippen molar-refractivity contribution in [3.63, 3.8) is 0 Å². The smallest absolute Gasteiger partial charge is 0.339 e. The van der Waals surface area contributed by atoms with Crippen LogP contribution < -0.4 is 0 Å². The Morgan fingerprint density at radius 1 is 1.24 bits per heavy atom. The summed E-state index contributed by atoms with van der Waals surface area (Å²) in [5, 5.41) is 0. The minimum absolute atomic E-state index is 0.267. The lowest BCUT2D eigenvalue weighted by molar-refractivity contribution is 0.0524. The van der Waals surface area contributed by atoms with Gasteiger partial charge in [0.1, 0.15) is 0 Å². The Morgan fingerprint density at radius 2 is 2.05 bits per heavy atom. The van der Waals surface area contributed by atoms with Crippen molar-refractivity contribution in [2.75, 3.05) is 6.61 Å². The van der Waals surface area contributed by atoms with E-state index in [1.807, 2.05) is 19.9 Å². The van der Waals surface area contributed by atoms with Crippen molar-refractivity contribution in [3.8, 4) is 11.3 Å². The third-order valence-electron chi connectivity index (χ3n) is 3.91. The molecule has 1 aliphatic rings. The number of benzene rings is 1. The normalized spacial score (nSPS) is 12.0. The first-order valence-corrected chi connectivity index (χ1v) is 7.43. The van der Waals surface area contributed by atoms with Gasteiger partial charge in [-0.25, -0.2) is 4.79 Å². The molecule has 0 saturated heterocycles. The first-order valence-electron chi connectivity index (χ1n) is 7.43. The van der Waals surface area contributed by atoms with Gasteiger partial charge in [-0.3, -0.25) is 4.98 Å². The van der Waals surface area contributed by atoms with E-state index in [2.05, 4.69) is 25.1 Å². The molecule has 3 rings (SSSR count). The van der Waals surface area contributed by atoms with Gasteiger partial charge in [0.05, 0.1) is 23.6 Å². The Balaban J connectivity index is 2.12. The van der Waals surface area contributed by atoms with E-state index in [9.17, 15) is 4.79 Å². The van der Waals surface area contributed by atoms with E-state index in [-0.39, 0.29) is 5.97 Å². The molecule has 0 unspecified atom stereocenters. The molecule has 2 aromatic rings. The van der Waals surface area contributed by atoms with Crippen LogP contribution in [0.4, 0.5) is 0 Å². The molecule has 1 aromatic heterocycles. The number of carbonyl (C=O) groups excluding carboxylic acids is 1. The highest BCUT2D eigenvalue weighted by Gasteiger charge is 2.24. The number of hydrogen-bond donors (Lipinski definition) is 0. The molecule has 21 heavy (non-hydrogen) atoms. The fourth-order valence-electron chi connectivity index (χ4n) is 2.89. The molecule has 1 aromatic carbocycles. The molecule has 3 nitrogen and oxygen atoms in total. The number of nitrogens with zero attached hydrogens (tertiary/aromatic N) is 1. The van der Waals surface area contributed by atoms with E-state index in [0.717, 1.165) is 29.8 Å². The summed E-state index contributed by atoms with van der Waals surface area (Å²) in [5.74, 6) is -0.267. The summed E-state index contributed by atoms with van der Waals surface area (Å²) in [6.45, 7) is 6.32. The third kappa shape index (κ3) is 2.33. The fraction of sp³-hybridized carbons (Fsp3) is 0.333. The number of ether oxygens (including phenoxy) is 1. The summed E-state index contributed by atoms with van der Waals surface area (Å²) in [6.07, 6.45) is 1.57. The summed E-state index contributed by atoms with van der Waals surface area (Å²) in [5.41, 5.74) is 7.30. The number of fused-ring (bicyclic) bond motifs is 3. The van der Waals surface area contributed by atoms with Gasteiger partial charge in [0.15, 0.2) is 0 Å². The zero-order valence-corrected chi connectivity index (χ0v) is 12.7. The minimum Gasteiger partial charge on any atom is -0.462 e. The van der Waals surface area contributed by atoms with E-state index >= 15 is 0 Å². The van der Waals surface area contributed by atoms with Gasteiger partial charge in [0.25, 0.3) is 0 Å². The molecule has 0 radical (unpaired) electrons. The molecular formula is C18H19NO2. The molecule has 0 atom stereocenters. The average molecular weight is 281 g/mol. The van der Waals surface area contributed by atoms with Crippen LogP contribution in [0.25, 0.3) is 11.3 Å². The van der Waals surface area contributed by atoms with Crippen LogP contribution in [0.5, 0.6) is 0 Å². The summed E-state index contributed by atoms with van der Waals surface area (Å²) in [6, 6.07) is 8.42. The van der Waals surface area contributed by atoms with Crippen LogP contribution in [-0.2, 0) is 17.6 Å². The zero-order chi connectivity index (χ0) is 15.0. The molecule has 1 heterocycles. The van der Waals surface area contributed by atoms with Crippen molar-refractivity contribution in [3.05, 3.63) is 52.2 Å². The molecule has 0 bridgehead atoms. The van der Waals surface area contributed by atoms with Gasteiger partial charge in [-0.1, -0.05) is 24.6 Å². The molecule has 0 saturated carbocycles. The van der Waals surface area contributed by atoms with Crippen LogP contribution in [0.3, 0.4) is 0 Å². The van der Waals surface area contributed by atoms with E-state index in [4.69, 9.17) is 9.72 Å². The first kappa shape index (κ1) is 13.8. The first-order chi connectivity index (χ1) is 10.1. The number of esters is 1. The van der Waals surface area contributed by atoms with Crippen molar-refractivity contribution in [2.45, 2.75) is 33.6 Å². The summed E-state index contributed by atoms with van der Waals surface area (Å²) < 4.78 is 5.15. The van der Waals surface area contributed by atoms with Crippen LogP contribution in [0.2, 0.25) is 0 Å². The lowest BCUT2D eigenvalue weighted by Crippen LogP contribution is -2.10. The van der Waals surface area contributed by atoms with Gasteiger partial charge >= 0.3 is 5.97 Å². The maximum absolute atomic E-state index is 12.1. The average Bonchev–Trinajstić information content (AvgIpc) is 2.83. The molecule has 0 amide bonds. The van der Waals surface area contributed by atoms with Gasteiger partial charge < -0.3 is 4.74 Å². The van der Waals surface area contributed by atoms with Gasteiger partial charge in [0, 0.05) is 12.0 Å². The highest BCUT2D eigenvalue weighted by atomic mass is 16.5. The second kappa shape index (κ2) is 5.32. The molecular weight excluding hydrogens is 262 g/mol. The van der Waals surface area contributed by atoms with Crippen molar-refractivity contribution >= 4 is 5.97 Å². The van der Waals surface area contributed by atoms with Crippen LogP contribution in [-0.4, -0.2) is 17.6 Å². The van der Waals surface area contributed by atoms with Gasteiger partial charge in [0.2, 0.25) is 0 Å². The predicted molar refractivity (Wildman–Crippen MR) is 82.6 cm³/mol. The standard InChI is InChI=1S/C18H19NO2/c1-4-16-15(18(20)21-5-2)10-13-9-12-7-6-11(3)8-14(12)17(13)19-16/h6-8,10H,4-5,9H2,1-3H3. The zero-order valence-electron chi connectivity index (χ0n) is 12.7. The van der Waals surface area contributed by atoms with E-state index in [1.165, 1.54) is 16.7 Å². The predicted octanol–water partition coefficient (Wildman–Crippen LogP) is 3.70. The number of aromatic nitrogens is 1. The van der Waals surface area contributed by atoms with Gasteiger partial charge in [-0.2, -0.15) is 0 Å². The Bertz CT molecular complexity index is 719. The fourth-order valence-corrected chi connectivity index (χ4v) is 2.89. The molecule has 108 valence electrons. The molecule has 1 aliphatic carbocycles. The Morgan fingerprint density at radius 3 is 2.76 bits per heavy atom. The number of rotatable bonds is 3. The summed E-state index contributed by atoms with van der Waals surface area (Å²) in [4.78, 5) is 16.8. The molecule has 3 heteroatoms. The van der Waals surface area contributed by atoms with Gasteiger partial charge in [-0.15, -0.1) is 0 Å². The topological polar surface area (TPSA) is 39.2 Å². The monoisotopic (exact) mass is 281 g/mol. The lowest BCUT2D eigenvalue weighted by atomic mass is 10.1. The Labute approximate surface area is 125 Å². The van der Waals surface area contributed by atoms with Crippen molar-refractivity contribution in [2.24, 2.45) is 0 Å².